The third-order valence-electron chi connectivity index (χ3n) is 2.51. The zero-order valence-electron chi connectivity index (χ0n) is 10.9. The van der Waals surface area contributed by atoms with E-state index in [1.165, 1.54) is 6.07 Å². The molecule has 1 atom stereocenters. The highest BCUT2D eigenvalue weighted by molar-refractivity contribution is 7.89. The minimum Gasteiger partial charge on any atom is -0.329 e. The van der Waals surface area contributed by atoms with E-state index in [4.69, 9.17) is 17.3 Å². The summed E-state index contributed by atoms with van der Waals surface area (Å²) >= 11 is 5.65. The first kappa shape index (κ1) is 16.4. The van der Waals surface area contributed by atoms with Crippen LogP contribution in [0.4, 0.5) is 4.39 Å². The molecule has 0 aliphatic heterocycles. The molecule has 0 fully saturated rings. The molecule has 0 aliphatic rings. The molecule has 7 heteroatoms. The molecule has 0 bridgehead atoms. The van der Waals surface area contributed by atoms with Gasteiger partial charge in [-0.1, -0.05) is 25.4 Å². The molecule has 0 saturated heterocycles. The molecule has 3 N–H and O–H groups in total. The van der Waals surface area contributed by atoms with Crippen molar-refractivity contribution in [2.45, 2.75) is 31.2 Å². The summed E-state index contributed by atoms with van der Waals surface area (Å²) in [6.45, 7) is 4.12. The standard InChI is InChI=1S/C12H18ClFN2O2S/c1-8(2)3-11(7-15)16-19(17,18)12-5-9(13)4-10(14)6-12/h4-6,8,11,16H,3,7,15H2,1-2H3. The van der Waals surface area contributed by atoms with Crippen LogP contribution in [0.2, 0.25) is 5.02 Å². The minimum absolute atomic E-state index is 0.0357. The fourth-order valence-electron chi connectivity index (χ4n) is 1.73. The maximum absolute atomic E-state index is 13.2. The molecule has 0 spiro atoms. The van der Waals surface area contributed by atoms with Gasteiger partial charge in [0.15, 0.2) is 0 Å². The van der Waals surface area contributed by atoms with Crippen LogP contribution in [0.3, 0.4) is 0 Å². The van der Waals surface area contributed by atoms with Crippen molar-refractivity contribution < 1.29 is 12.8 Å². The molecule has 1 aromatic carbocycles. The van der Waals surface area contributed by atoms with Crippen LogP contribution in [0.25, 0.3) is 0 Å². The Morgan fingerprint density at radius 2 is 2.00 bits per heavy atom. The molecule has 0 heterocycles. The largest absolute Gasteiger partial charge is 0.329 e. The van der Waals surface area contributed by atoms with Gasteiger partial charge in [0.05, 0.1) is 4.90 Å². The van der Waals surface area contributed by atoms with E-state index in [-0.39, 0.29) is 22.5 Å². The summed E-state index contributed by atoms with van der Waals surface area (Å²) in [6, 6.07) is 2.80. The minimum atomic E-state index is -3.82. The molecule has 0 aliphatic carbocycles. The number of rotatable bonds is 6. The zero-order valence-corrected chi connectivity index (χ0v) is 12.4. The van der Waals surface area contributed by atoms with E-state index in [1.807, 2.05) is 13.8 Å². The number of sulfonamides is 1. The molecular weight excluding hydrogens is 291 g/mol. The fourth-order valence-corrected chi connectivity index (χ4v) is 3.34. The Balaban J connectivity index is 2.96. The maximum Gasteiger partial charge on any atom is 0.241 e. The lowest BCUT2D eigenvalue weighted by molar-refractivity contribution is 0.465. The second kappa shape index (κ2) is 6.65. The number of nitrogens with one attached hydrogen (secondary N) is 1. The van der Waals surface area contributed by atoms with Crippen molar-refractivity contribution in [2.75, 3.05) is 6.54 Å². The van der Waals surface area contributed by atoms with Gasteiger partial charge >= 0.3 is 0 Å². The molecule has 0 aromatic heterocycles. The smallest absolute Gasteiger partial charge is 0.241 e. The highest BCUT2D eigenvalue weighted by Crippen LogP contribution is 2.19. The molecule has 0 amide bonds. The Hall–Kier alpha value is -0.690. The van der Waals surface area contributed by atoms with Gasteiger partial charge in [-0.3, -0.25) is 0 Å². The molecular formula is C12H18ClFN2O2S. The molecule has 19 heavy (non-hydrogen) atoms. The molecule has 1 rings (SSSR count). The summed E-state index contributed by atoms with van der Waals surface area (Å²) in [5, 5.41) is 0.0357. The molecule has 1 unspecified atom stereocenters. The Kier molecular flexibility index (Phi) is 5.73. The number of benzene rings is 1. The van der Waals surface area contributed by atoms with Crippen molar-refractivity contribution in [3.8, 4) is 0 Å². The van der Waals surface area contributed by atoms with Crippen LogP contribution >= 0.6 is 11.6 Å². The third-order valence-corrected chi connectivity index (χ3v) is 4.23. The third kappa shape index (κ3) is 5.06. The predicted molar refractivity (Wildman–Crippen MR) is 74.0 cm³/mol. The SMILES string of the molecule is CC(C)CC(CN)NS(=O)(=O)c1cc(F)cc(Cl)c1. The van der Waals surface area contributed by atoms with Crippen molar-refractivity contribution in [3.63, 3.8) is 0 Å². The first-order chi connectivity index (χ1) is 8.74. The monoisotopic (exact) mass is 308 g/mol. The zero-order chi connectivity index (χ0) is 14.6. The number of nitrogens with two attached hydrogens (primary N) is 1. The molecule has 0 saturated carbocycles. The normalized spacial score (nSPS) is 13.8. The van der Waals surface area contributed by atoms with Crippen LogP contribution in [-0.4, -0.2) is 21.0 Å². The van der Waals surface area contributed by atoms with Gasteiger partial charge in [0.1, 0.15) is 5.82 Å². The summed E-state index contributed by atoms with van der Waals surface area (Å²) < 4.78 is 39.8. The summed E-state index contributed by atoms with van der Waals surface area (Å²) in [6.07, 6.45) is 0.610. The van der Waals surface area contributed by atoms with Gasteiger partial charge in [-0.05, 0) is 30.5 Å². The average Bonchev–Trinajstić information content (AvgIpc) is 2.25. The number of halogens is 2. The van der Waals surface area contributed by atoms with E-state index in [9.17, 15) is 12.8 Å². The first-order valence-electron chi connectivity index (χ1n) is 5.93. The van der Waals surface area contributed by atoms with E-state index in [0.717, 1.165) is 12.1 Å². The summed E-state index contributed by atoms with van der Waals surface area (Å²) in [5.41, 5.74) is 5.54. The van der Waals surface area contributed by atoms with E-state index < -0.39 is 15.8 Å². The van der Waals surface area contributed by atoms with Gasteiger partial charge in [0, 0.05) is 17.6 Å². The second-order valence-electron chi connectivity index (χ2n) is 4.79. The number of hydrogen-bond donors (Lipinski definition) is 2. The second-order valence-corrected chi connectivity index (χ2v) is 6.94. The van der Waals surface area contributed by atoms with Crippen LogP contribution in [-0.2, 0) is 10.0 Å². The van der Waals surface area contributed by atoms with E-state index >= 15 is 0 Å². The Morgan fingerprint density at radius 1 is 1.37 bits per heavy atom. The highest BCUT2D eigenvalue weighted by atomic mass is 35.5. The Morgan fingerprint density at radius 3 is 2.47 bits per heavy atom. The van der Waals surface area contributed by atoms with E-state index in [1.54, 1.807) is 0 Å². The van der Waals surface area contributed by atoms with Gasteiger partial charge in [-0.15, -0.1) is 0 Å². The van der Waals surface area contributed by atoms with Crippen LogP contribution in [0.5, 0.6) is 0 Å². The van der Waals surface area contributed by atoms with Gasteiger partial charge in [0.2, 0.25) is 10.0 Å². The predicted octanol–water partition coefficient (Wildman–Crippen LogP) is 2.13. The van der Waals surface area contributed by atoms with Crippen molar-refractivity contribution in [1.82, 2.24) is 4.72 Å². The van der Waals surface area contributed by atoms with Crippen LogP contribution < -0.4 is 10.5 Å². The van der Waals surface area contributed by atoms with Crippen molar-refractivity contribution >= 4 is 21.6 Å². The quantitative estimate of drug-likeness (QED) is 0.845. The maximum atomic E-state index is 13.2. The molecule has 4 nitrogen and oxygen atoms in total. The lowest BCUT2D eigenvalue weighted by atomic mass is 10.1. The molecule has 108 valence electrons. The molecule has 0 radical (unpaired) electrons. The molecule has 1 aromatic rings. The van der Waals surface area contributed by atoms with E-state index in [2.05, 4.69) is 4.72 Å². The van der Waals surface area contributed by atoms with E-state index in [0.29, 0.717) is 12.3 Å². The van der Waals surface area contributed by atoms with Crippen LogP contribution in [0, 0.1) is 11.7 Å². The number of hydrogen-bond acceptors (Lipinski definition) is 3. The lowest BCUT2D eigenvalue weighted by Gasteiger charge is -2.18. The fraction of sp³-hybridized carbons (Fsp3) is 0.500. The highest BCUT2D eigenvalue weighted by Gasteiger charge is 2.21. The van der Waals surface area contributed by atoms with Gasteiger partial charge in [-0.25, -0.2) is 17.5 Å². The van der Waals surface area contributed by atoms with Crippen molar-refractivity contribution in [1.29, 1.82) is 0 Å². The van der Waals surface area contributed by atoms with Crippen LogP contribution in [0.1, 0.15) is 20.3 Å². The van der Waals surface area contributed by atoms with Gasteiger partial charge < -0.3 is 5.73 Å². The summed E-state index contributed by atoms with van der Waals surface area (Å²) in [4.78, 5) is -0.195. The van der Waals surface area contributed by atoms with Crippen molar-refractivity contribution in [3.05, 3.63) is 29.0 Å². The van der Waals surface area contributed by atoms with Crippen LogP contribution in [0.15, 0.2) is 23.1 Å². The summed E-state index contributed by atoms with van der Waals surface area (Å²) in [5.74, 6) is -0.395. The first-order valence-corrected chi connectivity index (χ1v) is 7.79. The Bertz CT molecular complexity index is 514. The topological polar surface area (TPSA) is 72.2 Å². The summed E-state index contributed by atoms with van der Waals surface area (Å²) in [7, 11) is -3.82. The average molecular weight is 309 g/mol. The van der Waals surface area contributed by atoms with Crippen molar-refractivity contribution in [2.24, 2.45) is 11.7 Å². The van der Waals surface area contributed by atoms with Gasteiger partial charge in [0.25, 0.3) is 0 Å². The lowest BCUT2D eigenvalue weighted by Crippen LogP contribution is -2.41. The Labute approximate surface area is 118 Å². The van der Waals surface area contributed by atoms with Gasteiger partial charge in [-0.2, -0.15) is 0 Å².